The van der Waals surface area contributed by atoms with Gasteiger partial charge in [0, 0.05) is 46.7 Å². The number of nitrogens with zero attached hydrogens (tertiary/aromatic N) is 3. The van der Waals surface area contributed by atoms with Crippen molar-refractivity contribution in [2.45, 2.75) is 6.42 Å². The van der Waals surface area contributed by atoms with E-state index in [1.165, 1.54) is 22.7 Å². The monoisotopic (exact) mass is 379 g/mol. The van der Waals surface area contributed by atoms with Crippen LogP contribution in [0.4, 0.5) is 5.95 Å². The Morgan fingerprint density at radius 1 is 1.21 bits per heavy atom. The lowest BCUT2D eigenvalue weighted by Gasteiger charge is -2.09. The number of aromatic nitrogens is 2. The summed E-state index contributed by atoms with van der Waals surface area (Å²) in [5.41, 5.74) is 1.64. The van der Waals surface area contributed by atoms with Crippen molar-refractivity contribution < 1.29 is 9.90 Å². The lowest BCUT2D eigenvalue weighted by atomic mass is 10.1. The maximum atomic E-state index is 11.2. The average Bonchev–Trinajstić information content (AvgIpc) is 3.13. The van der Waals surface area contributed by atoms with Crippen LogP contribution in [0.5, 0.6) is 0 Å². The van der Waals surface area contributed by atoms with Gasteiger partial charge in [-0.1, -0.05) is 11.6 Å². The summed E-state index contributed by atoms with van der Waals surface area (Å²) in [6.07, 6.45) is 3.48. The molecule has 0 fully saturated rings. The van der Waals surface area contributed by atoms with Crippen molar-refractivity contribution in [1.82, 2.24) is 9.97 Å². The molecule has 0 unspecified atom stereocenters. The fourth-order valence-electron chi connectivity index (χ4n) is 2.19. The molecule has 0 aliphatic rings. The third-order valence-electron chi connectivity index (χ3n) is 3.27. The Morgan fingerprint density at radius 2 is 1.92 bits per heavy atom. The molecule has 3 rings (SSSR count). The smallest absolute Gasteiger partial charge is 0.307 e. The Hall–Kier alpha value is -1.96. The summed E-state index contributed by atoms with van der Waals surface area (Å²) in [5, 5.41) is 9.17. The zero-order valence-electron chi connectivity index (χ0n) is 13.0. The highest BCUT2D eigenvalue weighted by Gasteiger charge is 2.17. The Bertz CT molecular complexity index is 872. The van der Waals surface area contributed by atoms with Gasteiger partial charge in [0.05, 0.1) is 10.8 Å². The molecule has 8 heteroatoms. The number of halogens is 1. The molecule has 0 radical (unpaired) electrons. The van der Waals surface area contributed by atoms with E-state index in [2.05, 4.69) is 9.97 Å². The topological polar surface area (TPSA) is 66.3 Å². The molecule has 24 heavy (non-hydrogen) atoms. The van der Waals surface area contributed by atoms with E-state index in [0.717, 1.165) is 25.8 Å². The standard InChI is InChI=1S/C16H14ClN3O2S2/c1-20(2)16-18-7-10(8-19-16)12-5-9(6-14(21)22)15(24-12)11-3-4-13(17)23-11/h3-5,7-8H,6H2,1-2H3,(H,21,22). The number of carboxylic acid groups (broad SMARTS) is 1. The largest absolute Gasteiger partial charge is 0.481 e. The summed E-state index contributed by atoms with van der Waals surface area (Å²) in [5.74, 6) is -0.228. The zero-order valence-corrected chi connectivity index (χ0v) is 15.4. The van der Waals surface area contributed by atoms with E-state index in [1.807, 2.05) is 37.2 Å². The van der Waals surface area contributed by atoms with Gasteiger partial charge < -0.3 is 10.0 Å². The Labute approximate surface area is 152 Å². The van der Waals surface area contributed by atoms with Crippen molar-refractivity contribution in [3.05, 3.63) is 40.5 Å². The fourth-order valence-corrected chi connectivity index (χ4v) is 4.53. The molecule has 0 spiro atoms. The van der Waals surface area contributed by atoms with E-state index in [1.54, 1.807) is 12.4 Å². The summed E-state index contributed by atoms with van der Waals surface area (Å²) >= 11 is 8.99. The zero-order chi connectivity index (χ0) is 17.3. The second kappa shape index (κ2) is 6.88. The van der Waals surface area contributed by atoms with Crippen LogP contribution in [0.1, 0.15) is 5.56 Å². The van der Waals surface area contributed by atoms with E-state index in [0.29, 0.717) is 10.3 Å². The van der Waals surface area contributed by atoms with Crippen LogP contribution in [0.3, 0.4) is 0 Å². The molecule has 0 atom stereocenters. The van der Waals surface area contributed by atoms with E-state index in [9.17, 15) is 9.90 Å². The Kier molecular flexibility index (Phi) is 4.84. The van der Waals surface area contributed by atoms with Gasteiger partial charge in [-0.2, -0.15) is 0 Å². The van der Waals surface area contributed by atoms with Gasteiger partial charge in [0.15, 0.2) is 0 Å². The number of aliphatic carboxylic acids is 1. The van der Waals surface area contributed by atoms with Gasteiger partial charge >= 0.3 is 5.97 Å². The fraction of sp³-hybridized carbons (Fsp3) is 0.188. The van der Waals surface area contributed by atoms with Gasteiger partial charge in [-0.3, -0.25) is 4.79 Å². The summed E-state index contributed by atoms with van der Waals surface area (Å²) < 4.78 is 0.680. The minimum atomic E-state index is -0.859. The number of hydrogen-bond acceptors (Lipinski definition) is 6. The SMILES string of the molecule is CN(C)c1ncc(-c2cc(CC(=O)O)c(-c3ccc(Cl)s3)s2)cn1. The van der Waals surface area contributed by atoms with Crippen molar-refractivity contribution in [2.24, 2.45) is 0 Å². The van der Waals surface area contributed by atoms with Crippen LogP contribution in [-0.4, -0.2) is 35.1 Å². The first-order valence-electron chi connectivity index (χ1n) is 7.04. The number of thiophene rings is 2. The maximum Gasteiger partial charge on any atom is 0.307 e. The molecule has 0 aliphatic carbocycles. The third-order valence-corrected chi connectivity index (χ3v) is 5.91. The van der Waals surface area contributed by atoms with Gasteiger partial charge in [-0.15, -0.1) is 22.7 Å². The van der Waals surface area contributed by atoms with Crippen LogP contribution < -0.4 is 4.90 Å². The van der Waals surface area contributed by atoms with Gasteiger partial charge in [0.25, 0.3) is 0 Å². The molecule has 0 saturated heterocycles. The molecule has 5 nitrogen and oxygen atoms in total. The predicted molar refractivity (Wildman–Crippen MR) is 99.3 cm³/mol. The lowest BCUT2D eigenvalue weighted by molar-refractivity contribution is -0.136. The molecule has 1 N–H and O–H groups in total. The molecule has 3 heterocycles. The van der Waals surface area contributed by atoms with Crippen LogP contribution >= 0.6 is 34.3 Å². The number of carbonyl (C=O) groups is 1. The molecule has 3 aromatic rings. The Balaban J connectivity index is 2.02. The molecule has 0 aromatic carbocycles. The molecule has 3 aromatic heterocycles. The second-order valence-electron chi connectivity index (χ2n) is 5.31. The van der Waals surface area contributed by atoms with Crippen LogP contribution in [0.15, 0.2) is 30.6 Å². The van der Waals surface area contributed by atoms with Gasteiger partial charge in [-0.25, -0.2) is 9.97 Å². The summed E-state index contributed by atoms with van der Waals surface area (Å²) in [4.78, 5) is 24.5. The number of hydrogen-bond donors (Lipinski definition) is 1. The van der Waals surface area contributed by atoms with Crippen molar-refractivity contribution in [1.29, 1.82) is 0 Å². The van der Waals surface area contributed by atoms with Crippen LogP contribution in [0.25, 0.3) is 20.2 Å². The minimum absolute atomic E-state index is 0.0298. The highest BCUT2D eigenvalue weighted by Crippen LogP contribution is 2.42. The molecular weight excluding hydrogens is 366 g/mol. The van der Waals surface area contributed by atoms with Gasteiger partial charge in [0.2, 0.25) is 5.95 Å². The first kappa shape index (κ1) is 16.9. The molecule has 0 saturated carbocycles. The van der Waals surface area contributed by atoms with E-state index in [-0.39, 0.29) is 6.42 Å². The van der Waals surface area contributed by atoms with Crippen molar-refractivity contribution >= 4 is 46.2 Å². The van der Waals surface area contributed by atoms with Gasteiger partial charge in [0.1, 0.15) is 0 Å². The molecule has 0 amide bonds. The van der Waals surface area contributed by atoms with E-state index < -0.39 is 5.97 Å². The average molecular weight is 380 g/mol. The number of rotatable bonds is 5. The van der Waals surface area contributed by atoms with Crippen molar-refractivity contribution in [3.63, 3.8) is 0 Å². The molecule has 124 valence electrons. The van der Waals surface area contributed by atoms with Crippen molar-refractivity contribution in [2.75, 3.05) is 19.0 Å². The Morgan fingerprint density at radius 3 is 2.46 bits per heavy atom. The normalized spacial score (nSPS) is 10.8. The highest BCUT2D eigenvalue weighted by atomic mass is 35.5. The molecule has 0 aliphatic heterocycles. The maximum absolute atomic E-state index is 11.2. The number of anilines is 1. The summed E-state index contributed by atoms with van der Waals surface area (Å²) in [6, 6.07) is 5.63. The molecular formula is C16H14ClN3O2S2. The quantitative estimate of drug-likeness (QED) is 0.716. The second-order valence-corrected chi connectivity index (χ2v) is 8.07. The lowest BCUT2D eigenvalue weighted by Crippen LogP contribution is -2.12. The van der Waals surface area contributed by atoms with E-state index in [4.69, 9.17) is 11.6 Å². The third kappa shape index (κ3) is 3.58. The predicted octanol–water partition coefficient (Wildman–Crippen LogP) is 4.28. The summed E-state index contributed by atoms with van der Waals surface area (Å²) in [7, 11) is 3.76. The summed E-state index contributed by atoms with van der Waals surface area (Å²) in [6.45, 7) is 0. The first-order chi connectivity index (χ1) is 11.4. The highest BCUT2D eigenvalue weighted by molar-refractivity contribution is 7.25. The van der Waals surface area contributed by atoms with Crippen LogP contribution in [-0.2, 0) is 11.2 Å². The number of carboxylic acids is 1. The first-order valence-corrected chi connectivity index (χ1v) is 9.05. The van der Waals surface area contributed by atoms with E-state index >= 15 is 0 Å². The molecule has 0 bridgehead atoms. The minimum Gasteiger partial charge on any atom is -0.481 e. The van der Waals surface area contributed by atoms with Crippen molar-refractivity contribution in [3.8, 4) is 20.2 Å². The van der Waals surface area contributed by atoms with Crippen LogP contribution in [0, 0.1) is 0 Å². The van der Waals surface area contributed by atoms with Crippen LogP contribution in [0.2, 0.25) is 4.34 Å². The van der Waals surface area contributed by atoms with Gasteiger partial charge in [-0.05, 0) is 23.8 Å².